The van der Waals surface area contributed by atoms with Gasteiger partial charge in [0.25, 0.3) is 0 Å². The summed E-state index contributed by atoms with van der Waals surface area (Å²) in [7, 11) is 1.82. The molecule has 0 atom stereocenters. The summed E-state index contributed by atoms with van der Waals surface area (Å²) in [4.78, 5) is 4.26. The SMILES string of the molecule is CNCc1ccc(Oc2ccc3cccnc3c2)c(F)c1. The number of rotatable bonds is 4. The molecule has 1 heterocycles. The molecule has 2 aromatic carbocycles. The van der Waals surface area contributed by atoms with Crippen molar-refractivity contribution in [1.29, 1.82) is 0 Å². The highest BCUT2D eigenvalue weighted by atomic mass is 19.1. The van der Waals surface area contributed by atoms with Crippen LogP contribution in [0.2, 0.25) is 0 Å². The third kappa shape index (κ3) is 3.01. The monoisotopic (exact) mass is 282 g/mol. The Bertz CT molecular complexity index is 774. The summed E-state index contributed by atoms with van der Waals surface area (Å²) in [5.41, 5.74) is 1.70. The molecule has 3 aromatic rings. The van der Waals surface area contributed by atoms with Gasteiger partial charge in [-0.3, -0.25) is 4.98 Å². The van der Waals surface area contributed by atoms with Crippen LogP contribution in [0.5, 0.6) is 11.5 Å². The minimum absolute atomic E-state index is 0.213. The number of nitrogens with one attached hydrogen (secondary N) is 1. The Kier molecular flexibility index (Phi) is 3.79. The normalized spacial score (nSPS) is 10.8. The molecule has 106 valence electrons. The van der Waals surface area contributed by atoms with Crippen LogP contribution < -0.4 is 10.1 Å². The van der Waals surface area contributed by atoms with E-state index in [9.17, 15) is 4.39 Å². The molecule has 0 spiro atoms. The molecule has 1 aromatic heterocycles. The summed E-state index contributed by atoms with van der Waals surface area (Å²) in [5.74, 6) is 0.412. The molecule has 0 amide bonds. The molecule has 0 saturated carbocycles. The first-order valence-electron chi connectivity index (χ1n) is 6.72. The number of pyridine rings is 1. The zero-order chi connectivity index (χ0) is 14.7. The maximum atomic E-state index is 14.0. The van der Waals surface area contributed by atoms with E-state index in [-0.39, 0.29) is 11.6 Å². The Balaban J connectivity index is 1.87. The number of ether oxygens (including phenoxy) is 1. The Morgan fingerprint density at radius 2 is 2.05 bits per heavy atom. The molecule has 3 nitrogen and oxygen atoms in total. The Hall–Kier alpha value is -2.46. The smallest absolute Gasteiger partial charge is 0.166 e. The van der Waals surface area contributed by atoms with E-state index in [1.54, 1.807) is 18.3 Å². The lowest BCUT2D eigenvalue weighted by molar-refractivity contribution is 0.442. The zero-order valence-electron chi connectivity index (χ0n) is 11.6. The second-order valence-electron chi connectivity index (χ2n) is 4.76. The van der Waals surface area contributed by atoms with Gasteiger partial charge in [-0.15, -0.1) is 0 Å². The third-order valence-electron chi connectivity index (χ3n) is 3.18. The van der Waals surface area contributed by atoms with Gasteiger partial charge in [0, 0.05) is 24.2 Å². The maximum absolute atomic E-state index is 14.0. The number of halogens is 1. The second-order valence-corrected chi connectivity index (χ2v) is 4.76. The molecule has 3 rings (SSSR count). The van der Waals surface area contributed by atoms with Crippen LogP contribution >= 0.6 is 0 Å². The molecule has 0 aliphatic heterocycles. The third-order valence-corrected chi connectivity index (χ3v) is 3.18. The summed E-state index contributed by atoms with van der Waals surface area (Å²) in [5, 5.41) is 4.01. The van der Waals surface area contributed by atoms with E-state index in [2.05, 4.69) is 10.3 Å². The van der Waals surface area contributed by atoms with Gasteiger partial charge >= 0.3 is 0 Å². The van der Waals surface area contributed by atoms with Crippen LogP contribution in [-0.2, 0) is 6.54 Å². The fraction of sp³-hybridized carbons (Fsp3) is 0.118. The first-order valence-corrected chi connectivity index (χ1v) is 6.72. The van der Waals surface area contributed by atoms with E-state index in [1.165, 1.54) is 6.07 Å². The number of aromatic nitrogens is 1. The molecule has 0 bridgehead atoms. The minimum Gasteiger partial charge on any atom is -0.454 e. The standard InChI is InChI=1S/C17H15FN2O/c1-19-11-12-4-7-17(15(18)9-12)21-14-6-5-13-3-2-8-20-16(13)10-14/h2-10,19H,11H2,1H3. The lowest BCUT2D eigenvalue weighted by Crippen LogP contribution is -2.05. The van der Waals surface area contributed by atoms with E-state index in [0.717, 1.165) is 16.5 Å². The van der Waals surface area contributed by atoms with Gasteiger partial charge < -0.3 is 10.1 Å². The van der Waals surface area contributed by atoms with Crippen LogP contribution in [0.4, 0.5) is 4.39 Å². The summed E-state index contributed by atoms with van der Waals surface area (Å²) in [6.45, 7) is 0.622. The van der Waals surface area contributed by atoms with Crippen molar-refractivity contribution in [2.24, 2.45) is 0 Å². The number of fused-ring (bicyclic) bond motifs is 1. The number of hydrogen-bond acceptors (Lipinski definition) is 3. The van der Waals surface area contributed by atoms with E-state index in [0.29, 0.717) is 12.3 Å². The Morgan fingerprint density at radius 3 is 2.86 bits per heavy atom. The molecule has 0 aliphatic rings. The lowest BCUT2D eigenvalue weighted by Gasteiger charge is -2.09. The zero-order valence-corrected chi connectivity index (χ0v) is 11.6. The fourth-order valence-corrected chi connectivity index (χ4v) is 2.18. The molecule has 0 aliphatic carbocycles. The van der Waals surface area contributed by atoms with Crippen molar-refractivity contribution < 1.29 is 9.13 Å². The predicted octanol–water partition coefficient (Wildman–Crippen LogP) is 3.89. The Morgan fingerprint density at radius 1 is 1.14 bits per heavy atom. The van der Waals surface area contributed by atoms with Crippen LogP contribution in [-0.4, -0.2) is 12.0 Å². The van der Waals surface area contributed by atoms with E-state index in [1.807, 2.05) is 37.4 Å². The molecule has 0 fully saturated rings. The number of hydrogen-bond donors (Lipinski definition) is 1. The van der Waals surface area contributed by atoms with Crippen molar-refractivity contribution in [3.8, 4) is 11.5 Å². The van der Waals surface area contributed by atoms with Gasteiger partial charge in [0.05, 0.1) is 5.52 Å². The van der Waals surface area contributed by atoms with Gasteiger partial charge in [-0.1, -0.05) is 12.1 Å². The average Bonchev–Trinajstić information content (AvgIpc) is 2.50. The van der Waals surface area contributed by atoms with E-state index >= 15 is 0 Å². The summed E-state index contributed by atoms with van der Waals surface area (Å²) in [6.07, 6.45) is 1.72. The minimum atomic E-state index is -0.371. The van der Waals surface area contributed by atoms with Crippen molar-refractivity contribution in [3.05, 3.63) is 66.1 Å². The van der Waals surface area contributed by atoms with Gasteiger partial charge in [0.2, 0.25) is 0 Å². The highest BCUT2D eigenvalue weighted by Crippen LogP contribution is 2.27. The topological polar surface area (TPSA) is 34.1 Å². The van der Waals surface area contributed by atoms with Crippen LogP contribution in [0.15, 0.2) is 54.7 Å². The van der Waals surface area contributed by atoms with Crippen molar-refractivity contribution >= 4 is 10.9 Å². The summed E-state index contributed by atoms with van der Waals surface area (Å²) >= 11 is 0. The van der Waals surface area contributed by atoms with Gasteiger partial charge in [-0.2, -0.15) is 0 Å². The van der Waals surface area contributed by atoms with Crippen molar-refractivity contribution in [3.63, 3.8) is 0 Å². The summed E-state index contributed by atoms with van der Waals surface area (Å²) in [6, 6.07) is 14.3. The summed E-state index contributed by atoms with van der Waals surface area (Å²) < 4.78 is 19.6. The Labute approximate surface area is 122 Å². The molecule has 0 unspecified atom stereocenters. The first kappa shape index (κ1) is 13.5. The van der Waals surface area contributed by atoms with E-state index < -0.39 is 0 Å². The quantitative estimate of drug-likeness (QED) is 0.788. The van der Waals surface area contributed by atoms with Crippen LogP contribution in [0.25, 0.3) is 10.9 Å². The van der Waals surface area contributed by atoms with Crippen molar-refractivity contribution in [1.82, 2.24) is 10.3 Å². The molecule has 4 heteroatoms. The van der Waals surface area contributed by atoms with Crippen LogP contribution in [0.1, 0.15) is 5.56 Å². The first-order chi connectivity index (χ1) is 10.3. The van der Waals surface area contributed by atoms with Gasteiger partial charge in [0.15, 0.2) is 11.6 Å². The number of benzene rings is 2. The molecular weight excluding hydrogens is 267 g/mol. The van der Waals surface area contributed by atoms with Crippen molar-refractivity contribution in [2.75, 3.05) is 7.05 Å². The highest BCUT2D eigenvalue weighted by Gasteiger charge is 2.07. The molecule has 1 N–H and O–H groups in total. The molecule has 0 saturated heterocycles. The largest absolute Gasteiger partial charge is 0.454 e. The van der Waals surface area contributed by atoms with Crippen LogP contribution in [0.3, 0.4) is 0 Å². The van der Waals surface area contributed by atoms with Gasteiger partial charge in [-0.05, 0) is 42.9 Å². The molecular formula is C17H15FN2O. The maximum Gasteiger partial charge on any atom is 0.166 e. The predicted molar refractivity (Wildman–Crippen MR) is 81.0 cm³/mol. The lowest BCUT2D eigenvalue weighted by atomic mass is 10.2. The molecule has 0 radical (unpaired) electrons. The highest BCUT2D eigenvalue weighted by molar-refractivity contribution is 5.79. The average molecular weight is 282 g/mol. The van der Waals surface area contributed by atoms with Gasteiger partial charge in [0.1, 0.15) is 5.75 Å². The van der Waals surface area contributed by atoms with Crippen molar-refractivity contribution in [2.45, 2.75) is 6.54 Å². The second kappa shape index (κ2) is 5.89. The van der Waals surface area contributed by atoms with E-state index in [4.69, 9.17) is 4.74 Å². The fourth-order valence-electron chi connectivity index (χ4n) is 2.18. The molecule has 21 heavy (non-hydrogen) atoms. The van der Waals surface area contributed by atoms with Gasteiger partial charge in [-0.25, -0.2) is 4.39 Å². The van der Waals surface area contributed by atoms with Crippen LogP contribution in [0, 0.1) is 5.82 Å². The number of nitrogens with zero attached hydrogens (tertiary/aromatic N) is 1.